The zero-order valence-corrected chi connectivity index (χ0v) is 15.4. The highest BCUT2D eigenvalue weighted by Gasteiger charge is 2.20. The van der Waals surface area contributed by atoms with E-state index in [0.717, 1.165) is 36.8 Å². The van der Waals surface area contributed by atoms with Gasteiger partial charge in [-0.25, -0.2) is 18.7 Å². The van der Waals surface area contributed by atoms with Crippen LogP contribution < -0.4 is 10.6 Å². The van der Waals surface area contributed by atoms with Gasteiger partial charge < -0.3 is 10.6 Å². The fourth-order valence-electron chi connectivity index (χ4n) is 3.54. The van der Waals surface area contributed by atoms with E-state index in [1.165, 1.54) is 17.7 Å². The smallest absolute Gasteiger partial charge is 0.219 e. The van der Waals surface area contributed by atoms with E-state index < -0.39 is 11.6 Å². The fraction of sp³-hybridized carbons (Fsp3) is 0.238. The maximum atomic E-state index is 14.0. The number of rotatable bonds is 4. The Morgan fingerprint density at radius 3 is 2.36 bits per heavy atom. The molecule has 1 aliphatic heterocycles. The van der Waals surface area contributed by atoms with Crippen LogP contribution in [0.15, 0.2) is 54.9 Å². The van der Waals surface area contributed by atoms with Crippen LogP contribution in [0.1, 0.15) is 5.56 Å². The van der Waals surface area contributed by atoms with E-state index in [1.807, 2.05) is 23.1 Å². The molecule has 0 aliphatic carbocycles. The first-order valence-corrected chi connectivity index (χ1v) is 9.18. The van der Waals surface area contributed by atoms with Gasteiger partial charge in [-0.3, -0.25) is 4.90 Å². The molecule has 0 unspecified atom stereocenters. The van der Waals surface area contributed by atoms with Gasteiger partial charge in [0.2, 0.25) is 5.95 Å². The molecule has 1 aliphatic rings. The Kier molecular flexibility index (Phi) is 5.16. The summed E-state index contributed by atoms with van der Waals surface area (Å²) < 4.78 is 27.2. The minimum atomic E-state index is -0.553. The number of hydrogen-bond donors (Lipinski definition) is 1. The van der Waals surface area contributed by atoms with Gasteiger partial charge in [-0.05, 0) is 23.3 Å². The Labute approximate surface area is 162 Å². The normalized spacial score (nSPS) is 15.0. The van der Waals surface area contributed by atoms with Gasteiger partial charge in [0.25, 0.3) is 0 Å². The summed E-state index contributed by atoms with van der Waals surface area (Å²) in [5.74, 6) is -0.810. The van der Waals surface area contributed by atoms with E-state index in [2.05, 4.69) is 20.9 Å². The molecule has 1 aromatic heterocycles. The van der Waals surface area contributed by atoms with Crippen molar-refractivity contribution in [1.82, 2.24) is 14.9 Å². The molecule has 0 radical (unpaired) electrons. The molecule has 144 valence electrons. The second-order valence-electron chi connectivity index (χ2n) is 6.85. The predicted molar refractivity (Wildman–Crippen MR) is 106 cm³/mol. The van der Waals surface area contributed by atoms with Crippen LogP contribution in [0.2, 0.25) is 0 Å². The van der Waals surface area contributed by atoms with Gasteiger partial charge in [0.1, 0.15) is 11.6 Å². The van der Waals surface area contributed by atoms with E-state index in [1.54, 1.807) is 12.4 Å². The van der Waals surface area contributed by atoms with E-state index in [0.29, 0.717) is 18.8 Å². The molecule has 3 aromatic rings. The van der Waals surface area contributed by atoms with E-state index >= 15 is 0 Å². The monoisotopic (exact) mass is 381 g/mol. The van der Waals surface area contributed by atoms with Crippen molar-refractivity contribution in [2.24, 2.45) is 0 Å². The average molecular weight is 381 g/mol. The van der Waals surface area contributed by atoms with Crippen LogP contribution in [0.5, 0.6) is 0 Å². The van der Waals surface area contributed by atoms with Crippen molar-refractivity contribution in [3.63, 3.8) is 0 Å². The number of benzene rings is 2. The minimum absolute atomic E-state index is 0.255. The first-order valence-electron chi connectivity index (χ1n) is 9.18. The van der Waals surface area contributed by atoms with Gasteiger partial charge in [-0.15, -0.1) is 0 Å². The third-order valence-electron chi connectivity index (χ3n) is 5.02. The number of halogens is 2. The lowest BCUT2D eigenvalue weighted by Gasteiger charge is -2.36. The molecule has 4 rings (SSSR count). The summed E-state index contributed by atoms with van der Waals surface area (Å²) in [5.41, 5.74) is 9.23. The molecule has 0 atom stereocenters. The quantitative estimate of drug-likeness (QED) is 0.751. The number of aromatic nitrogens is 2. The fourth-order valence-corrected chi connectivity index (χ4v) is 3.54. The lowest BCUT2D eigenvalue weighted by molar-refractivity contribution is 0.249. The number of piperazine rings is 1. The maximum Gasteiger partial charge on any atom is 0.219 e. The van der Waals surface area contributed by atoms with Crippen LogP contribution in [-0.2, 0) is 6.54 Å². The van der Waals surface area contributed by atoms with Crippen LogP contribution >= 0.6 is 0 Å². The average Bonchev–Trinajstić information content (AvgIpc) is 2.70. The summed E-state index contributed by atoms with van der Waals surface area (Å²) in [6.07, 6.45) is 3.47. The maximum absolute atomic E-state index is 14.0. The Hall–Kier alpha value is -3.06. The summed E-state index contributed by atoms with van der Waals surface area (Å²) in [6, 6.07) is 11.9. The summed E-state index contributed by atoms with van der Waals surface area (Å²) in [4.78, 5) is 12.5. The van der Waals surface area contributed by atoms with E-state index in [4.69, 9.17) is 5.73 Å². The molecular formula is C21H21F2N5. The molecule has 0 bridgehead atoms. The summed E-state index contributed by atoms with van der Waals surface area (Å²) in [6.45, 7) is 3.75. The van der Waals surface area contributed by atoms with Gasteiger partial charge in [0, 0.05) is 56.7 Å². The van der Waals surface area contributed by atoms with Gasteiger partial charge in [-0.1, -0.05) is 24.3 Å². The number of nitrogens with two attached hydrogens (primary N) is 1. The van der Waals surface area contributed by atoms with Gasteiger partial charge in [0.05, 0.1) is 5.69 Å². The van der Waals surface area contributed by atoms with Crippen LogP contribution in [0.3, 0.4) is 0 Å². The van der Waals surface area contributed by atoms with Gasteiger partial charge in [0.15, 0.2) is 0 Å². The van der Waals surface area contributed by atoms with Crippen molar-refractivity contribution in [1.29, 1.82) is 0 Å². The second-order valence-corrected chi connectivity index (χ2v) is 6.85. The molecule has 2 N–H and O–H groups in total. The Balaban J connectivity index is 1.45. The van der Waals surface area contributed by atoms with E-state index in [9.17, 15) is 8.78 Å². The molecule has 2 heterocycles. The van der Waals surface area contributed by atoms with Crippen molar-refractivity contribution < 1.29 is 8.78 Å². The standard InChI is InChI=1S/C21H21F2N5/c22-17-5-6-20(19(23)11-17)28-9-7-27(8-10-28)14-15-3-1-2-4-18(15)16-12-25-21(24)26-13-16/h1-6,11-13H,7-10,14H2,(H2,24,25,26). The highest BCUT2D eigenvalue weighted by molar-refractivity contribution is 5.66. The Morgan fingerprint density at radius 1 is 0.929 bits per heavy atom. The number of anilines is 2. The van der Waals surface area contributed by atoms with Crippen LogP contribution in [0, 0.1) is 11.6 Å². The minimum Gasteiger partial charge on any atom is -0.368 e. The third-order valence-corrected chi connectivity index (χ3v) is 5.02. The molecule has 0 saturated carbocycles. The number of nitrogens with zero attached hydrogens (tertiary/aromatic N) is 4. The molecule has 0 spiro atoms. The van der Waals surface area contributed by atoms with Crippen LogP contribution in [-0.4, -0.2) is 41.0 Å². The molecule has 28 heavy (non-hydrogen) atoms. The summed E-state index contributed by atoms with van der Waals surface area (Å²) in [7, 11) is 0. The zero-order valence-electron chi connectivity index (χ0n) is 15.4. The molecule has 5 nitrogen and oxygen atoms in total. The Bertz CT molecular complexity index is 953. The van der Waals surface area contributed by atoms with E-state index in [-0.39, 0.29) is 5.95 Å². The van der Waals surface area contributed by atoms with Crippen molar-refractivity contribution in [3.05, 3.63) is 72.1 Å². The van der Waals surface area contributed by atoms with Gasteiger partial charge in [-0.2, -0.15) is 0 Å². The van der Waals surface area contributed by atoms with Crippen molar-refractivity contribution in [3.8, 4) is 11.1 Å². The highest BCUT2D eigenvalue weighted by Crippen LogP contribution is 2.26. The van der Waals surface area contributed by atoms with Gasteiger partial charge >= 0.3 is 0 Å². The number of hydrogen-bond acceptors (Lipinski definition) is 5. The summed E-state index contributed by atoms with van der Waals surface area (Å²) >= 11 is 0. The van der Waals surface area contributed by atoms with Crippen molar-refractivity contribution >= 4 is 11.6 Å². The SMILES string of the molecule is Nc1ncc(-c2ccccc2CN2CCN(c3ccc(F)cc3F)CC2)cn1. The molecule has 7 heteroatoms. The highest BCUT2D eigenvalue weighted by atomic mass is 19.1. The predicted octanol–water partition coefficient (Wildman–Crippen LogP) is 3.33. The first-order chi connectivity index (χ1) is 13.6. The molecular weight excluding hydrogens is 360 g/mol. The van der Waals surface area contributed by atoms with Crippen LogP contribution in [0.4, 0.5) is 20.4 Å². The van der Waals surface area contributed by atoms with Crippen molar-refractivity contribution in [2.75, 3.05) is 36.8 Å². The molecule has 0 amide bonds. The second kappa shape index (κ2) is 7.90. The molecule has 1 fully saturated rings. The number of nitrogen functional groups attached to an aromatic ring is 1. The largest absolute Gasteiger partial charge is 0.368 e. The third kappa shape index (κ3) is 3.94. The first kappa shape index (κ1) is 18.3. The zero-order chi connectivity index (χ0) is 19.5. The Morgan fingerprint density at radius 2 is 1.64 bits per heavy atom. The lowest BCUT2D eigenvalue weighted by atomic mass is 10.0. The summed E-state index contributed by atoms with van der Waals surface area (Å²) in [5, 5.41) is 0. The molecule has 1 saturated heterocycles. The van der Waals surface area contributed by atoms with Crippen LogP contribution in [0.25, 0.3) is 11.1 Å². The molecule has 2 aromatic carbocycles. The van der Waals surface area contributed by atoms with Crippen molar-refractivity contribution in [2.45, 2.75) is 6.54 Å². The lowest BCUT2D eigenvalue weighted by Crippen LogP contribution is -2.46. The topological polar surface area (TPSA) is 58.3 Å².